The van der Waals surface area contributed by atoms with Gasteiger partial charge in [-0.1, -0.05) is 25.5 Å². The molecule has 2 atom stereocenters. The predicted molar refractivity (Wildman–Crippen MR) is 77.7 cm³/mol. The molecule has 1 aliphatic rings. The Kier molecular flexibility index (Phi) is 5.34. The zero-order valence-electron chi connectivity index (χ0n) is 12.6. The van der Waals surface area contributed by atoms with Gasteiger partial charge in [0, 0.05) is 24.6 Å². The standard InChI is InChI=1S/C16H22F3NO2/c1-15(10-21)8-2-3-14(15)20-9-12-4-6-13(7-5-12)22-11-16(17,18)19/h4-7,14,20-21H,2-3,8-11H2,1H3. The van der Waals surface area contributed by atoms with E-state index in [9.17, 15) is 18.3 Å². The monoisotopic (exact) mass is 317 g/mol. The predicted octanol–water partition coefficient (Wildman–Crippen LogP) is 3.27. The Morgan fingerprint density at radius 2 is 2.00 bits per heavy atom. The lowest BCUT2D eigenvalue weighted by atomic mass is 9.86. The molecule has 2 unspecified atom stereocenters. The van der Waals surface area contributed by atoms with E-state index in [0.29, 0.717) is 6.54 Å². The largest absolute Gasteiger partial charge is 0.484 e. The van der Waals surface area contributed by atoms with E-state index in [1.165, 1.54) is 0 Å². The fraction of sp³-hybridized carbons (Fsp3) is 0.625. The molecule has 1 aliphatic carbocycles. The van der Waals surface area contributed by atoms with Gasteiger partial charge >= 0.3 is 6.18 Å². The van der Waals surface area contributed by atoms with Gasteiger partial charge in [-0.2, -0.15) is 13.2 Å². The number of hydrogen-bond donors (Lipinski definition) is 2. The number of aliphatic hydroxyl groups excluding tert-OH is 1. The topological polar surface area (TPSA) is 41.5 Å². The maximum Gasteiger partial charge on any atom is 0.422 e. The van der Waals surface area contributed by atoms with Crippen LogP contribution in [0.15, 0.2) is 24.3 Å². The number of rotatable bonds is 6. The van der Waals surface area contributed by atoms with Crippen LogP contribution in [0.4, 0.5) is 13.2 Å². The van der Waals surface area contributed by atoms with Crippen LogP contribution < -0.4 is 10.1 Å². The maximum atomic E-state index is 12.1. The number of nitrogens with one attached hydrogen (secondary N) is 1. The average Bonchev–Trinajstić information content (AvgIpc) is 2.85. The first-order chi connectivity index (χ1) is 10.3. The van der Waals surface area contributed by atoms with Crippen molar-refractivity contribution in [1.29, 1.82) is 0 Å². The second-order valence-corrected chi connectivity index (χ2v) is 6.19. The molecule has 3 nitrogen and oxygen atoms in total. The Morgan fingerprint density at radius 3 is 2.59 bits per heavy atom. The molecular formula is C16H22F3NO2. The van der Waals surface area contributed by atoms with E-state index in [2.05, 4.69) is 17.0 Å². The molecule has 2 N–H and O–H groups in total. The molecule has 1 aromatic carbocycles. The molecule has 6 heteroatoms. The van der Waals surface area contributed by atoms with E-state index in [4.69, 9.17) is 0 Å². The van der Waals surface area contributed by atoms with Crippen molar-refractivity contribution in [3.05, 3.63) is 29.8 Å². The number of ether oxygens (including phenoxy) is 1. The highest BCUT2D eigenvalue weighted by Crippen LogP contribution is 2.37. The minimum atomic E-state index is -4.32. The summed E-state index contributed by atoms with van der Waals surface area (Å²) in [6.45, 7) is 1.59. The molecule has 0 aliphatic heterocycles. The first-order valence-electron chi connectivity index (χ1n) is 7.45. The van der Waals surface area contributed by atoms with Gasteiger partial charge in [0.2, 0.25) is 0 Å². The van der Waals surface area contributed by atoms with Gasteiger partial charge in [0.25, 0.3) is 0 Å². The molecule has 22 heavy (non-hydrogen) atoms. The minimum absolute atomic E-state index is 0.0875. The SMILES string of the molecule is CC1(CO)CCCC1NCc1ccc(OCC(F)(F)F)cc1. The average molecular weight is 317 g/mol. The summed E-state index contributed by atoms with van der Waals surface area (Å²) < 4.78 is 40.9. The van der Waals surface area contributed by atoms with E-state index >= 15 is 0 Å². The molecule has 0 amide bonds. The summed E-state index contributed by atoms with van der Waals surface area (Å²) in [4.78, 5) is 0. The van der Waals surface area contributed by atoms with Gasteiger partial charge in [0.15, 0.2) is 6.61 Å². The van der Waals surface area contributed by atoms with Gasteiger partial charge in [-0.05, 0) is 30.5 Å². The molecule has 0 radical (unpaired) electrons. The van der Waals surface area contributed by atoms with Crippen LogP contribution in [0.2, 0.25) is 0 Å². The Labute approximate surface area is 128 Å². The van der Waals surface area contributed by atoms with Gasteiger partial charge in [-0.3, -0.25) is 0 Å². The molecule has 124 valence electrons. The summed E-state index contributed by atoms with van der Waals surface area (Å²) in [5, 5.41) is 12.9. The fourth-order valence-electron chi connectivity index (χ4n) is 2.88. The lowest BCUT2D eigenvalue weighted by Gasteiger charge is -2.30. The van der Waals surface area contributed by atoms with Crippen LogP contribution in [-0.4, -0.2) is 30.5 Å². The quantitative estimate of drug-likeness (QED) is 0.846. The highest BCUT2D eigenvalue weighted by atomic mass is 19.4. The van der Waals surface area contributed by atoms with Crippen LogP contribution in [0, 0.1) is 5.41 Å². The number of hydrogen-bond acceptors (Lipinski definition) is 3. The summed E-state index contributed by atoms with van der Waals surface area (Å²) >= 11 is 0. The highest BCUT2D eigenvalue weighted by molar-refractivity contribution is 5.27. The van der Waals surface area contributed by atoms with Gasteiger partial charge in [-0.15, -0.1) is 0 Å². The minimum Gasteiger partial charge on any atom is -0.484 e. The second-order valence-electron chi connectivity index (χ2n) is 6.19. The van der Waals surface area contributed by atoms with Gasteiger partial charge < -0.3 is 15.2 Å². The van der Waals surface area contributed by atoms with Crippen molar-refractivity contribution in [2.24, 2.45) is 5.41 Å². The van der Waals surface area contributed by atoms with E-state index in [1.54, 1.807) is 24.3 Å². The van der Waals surface area contributed by atoms with Crippen LogP contribution in [-0.2, 0) is 6.54 Å². The van der Waals surface area contributed by atoms with Gasteiger partial charge in [-0.25, -0.2) is 0 Å². The lowest BCUT2D eigenvalue weighted by Crippen LogP contribution is -2.41. The summed E-state index contributed by atoms with van der Waals surface area (Å²) in [6.07, 6.45) is -1.19. The Morgan fingerprint density at radius 1 is 1.32 bits per heavy atom. The highest BCUT2D eigenvalue weighted by Gasteiger charge is 2.37. The van der Waals surface area contributed by atoms with Crippen LogP contribution in [0.25, 0.3) is 0 Å². The molecular weight excluding hydrogens is 295 g/mol. The van der Waals surface area contributed by atoms with Crippen molar-refractivity contribution in [2.75, 3.05) is 13.2 Å². The molecule has 0 spiro atoms. The van der Waals surface area contributed by atoms with Crippen LogP contribution in [0.3, 0.4) is 0 Å². The number of halogens is 3. The normalized spacial score (nSPS) is 25.4. The molecule has 0 bridgehead atoms. The Balaban J connectivity index is 1.84. The molecule has 1 saturated carbocycles. The zero-order valence-corrected chi connectivity index (χ0v) is 12.6. The molecule has 1 aromatic rings. The Bertz CT molecular complexity index is 475. The van der Waals surface area contributed by atoms with Crippen molar-refractivity contribution in [3.63, 3.8) is 0 Å². The molecule has 0 heterocycles. The first-order valence-corrected chi connectivity index (χ1v) is 7.45. The third-order valence-corrected chi connectivity index (χ3v) is 4.32. The molecule has 0 aromatic heterocycles. The molecule has 2 rings (SSSR count). The van der Waals surface area contributed by atoms with E-state index in [0.717, 1.165) is 24.8 Å². The number of aliphatic hydroxyl groups is 1. The van der Waals surface area contributed by atoms with Gasteiger partial charge in [0.05, 0.1) is 0 Å². The number of benzene rings is 1. The van der Waals surface area contributed by atoms with Crippen LogP contribution in [0.5, 0.6) is 5.75 Å². The Hall–Kier alpha value is -1.27. The summed E-state index contributed by atoms with van der Waals surface area (Å²) in [7, 11) is 0. The third-order valence-electron chi connectivity index (χ3n) is 4.32. The molecule has 0 saturated heterocycles. The zero-order chi connectivity index (χ0) is 16.2. The smallest absolute Gasteiger partial charge is 0.422 e. The van der Waals surface area contributed by atoms with E-state index in [1.807, 2.05) is 0 Å². The van der Waals surface area contributed by atoms with E-state index < -0.39 is 12.8 Å². The summed E-state index contributed by atoms with van der Waals surface area (Å²) in [5.74, 6) is 0.210. The maximum absolute atomic E-state index is 12.1. The molecule has 1 fully saturated rings. The summed E-state index contributed by atoms with van der Waals surface area (Å²) in [5.41, 5.74) is 0.891. The third kappa shape index (κ3) is 4.61. The van der Waals surface area contributed by atoms with Crippen molar-refractivity contribution in [1.82, 2.24) is 5.32 Å². The fourth-order valence-corrected chi connectivity index (χ4v) is 2.88. The first kappa shape index (κ1) is 17.1. The van der Waals surface area contributed by atoms with Crippen LogP contribution >= 0.6 is 0 Å². The van der Waals surface area contributed by atoms with Crippen molar-refractivity contribution < 1.29 is 23.0 Å². The van der Waals surface area contributed by atoms with Crippen molar-refractivity contribution in [2.45, 2.75) is 44.9 Å². The lowest BCUT2D eigenvalue weighted by molar-refractivity contribution is -0.153. The number of alkyl halides is 3. The second kappa shape index (κ2) is 6.87. The van der Waals surface area contributed by atoms with Crippen molar-refractivity contribution in [3.8, 4) is 5.75 Å². The van der Waals surface area contributed by atoms with Crippen molar-refractivity contribution >= 4 is 0 Å². The van der Waals surface area contributed by atoms with Crippen LogP contribution in [0.1, 0.15) is 31.7 Å². The van der Waals surface area contributed by atoms with E-state index in [-0.39, 0.29) is 23.8 Å². The summed E-state index contributed by atoms with van der Waals surface area (Å²) in [6, 6.07) is 6.86. The van der Waals surface area contributed by atoms with Gasteiger partial charge in [0.1, 0.15) is 5.75 Å².